The zero-order chi connectivity index (χ0) is 20.8. The summed E-state index contributed by atoms with van der Waals surface area (Å²) < 4.78 is 50.9. The summed E-state index contributed by atoms with van der Waals surface area (Å²) in [5.41, 5.74) is 0. The summed E-state index contributed by atoms with van der Waals surface area (Å²) in [6.45, 7) is 0.757. The van der Waals surface area contributed by atoms with Gasteiger partial charge in [-0.25, -0.2) is 21.1 Å². The summed E-state index contributed by atoms with van der Waals surface area (Å²) in [5.74, 6) is -0.0837. The van der Waals surface area contributed by atoms with E-state index in [0.717, 1.165) is 12.8 Å². The van der Waals surface area contributed by atoms with Crippen LogP contribution in [0.2, 0.25) is 0 Å². The first-order chi connectivity index (χ1) is 13.7. The second-order valence-corrected chi connectivity index (χ2v) is 12.7. The third-order valence-electron chi connectivity index (χ3n) is 6.73. The summed E-state index contributed by atoms with van der Waals surface area (Å²) in [5, 5.41) is -0.446. The van der Waals surface area contributed by atoms with Crippen LogP contribution in [0.25, 0.3) is 0 Å². The summed E-state index contributed by atoms with van der Waals surface area (Å²) in [7, 11) is -6.61. The quantitative estimate of drug-likeness (QED) is 0.710. The number of carbonyl (C=O) groups is 1. The van der Waals surface area contributed by atoms with Gasteiger partial charge in [-0.2, -0.15) is 0 Å². The maximum Gasteiger partial charge on any atom is 0.226 e. The van der Waals surface area contributed by atoms with Crippen LogP contribution in [0.5, 0.6) is 0 Å². The lowest BCUT2D eigenvalue weighted by Crippen LogP contribution is -2.53. The number of piperidine rings is 2. The molecule has 1 amide bonds. The molecule has 7 nitrogen and oxygen atoms in total. The zero-order valence-electron chi connectivity index (χ0n) is 16.6. The maximum atomic E-state index is 13.2. The molecule has 3 saturated heterocycles. The molecule has 0 radical (unpaired) electrons. The van der Waals surface area contributed by atoms with Crippen molar-refractivity contribution in [2.45, 2.75) is 60.8 Å². The summed E-state index contributed by atoms with van der Waals surface area (Å²) in [4.78, 5) is 15.5. The predicted molar refractivity (Wildman–Crippen MR) is 109 cm³/mol. The molecule has 3 aliphatic heterocycles. The van der Waals surface area contributed by atoms with E-state index in [9.17, 15) is 21.6 Å². The fraction of sp³-hybridized carbons (Fsp3) is 0.650. The second-order valence-electron chi connectivity index (χ2n) is 8.52. The molecule has 9 heteroatoms. The van der Waals surface area contributed by atoms with E-state index >= 15 is 0 Å². The van der Waals surface area contributed by atoms with Gasteiger partial charge < -0.3 is 4.90 Å². The van der Waals surface area contributed by atoms with Crippen molar-refractivity contribution in [3.8, 4) is 0 Å². The van der Waals surface area contributed by atoms with E-state index in [1.54, 1.807) is 30.3 Å². The Morgan fingerprint density at radius 3 is 1.97 bits per heavy atom. The van der Waals surface area contributed by atoms with Gasteiger partial charge in [0.25, 0.3) is 0 Å². The number of hydrogen-bond donors (Lipinski definition) is 0. The fourth-order valence-electron chi connectivity index (χ4n) is 5.19. The van der Waals surface area contributed by atoms with Gasteiger partial charge in [-0.15, -0.1) is 0 Å². The molecule has 3 heterocycles. The van der Waals surface area contributed by atoms with E-state index < -0.39 is 25.1 Å². The summed E-state index contributed by atoms with van der Waals surface area (Å²) in [6, 6.07) is 8.51. The van der Waals surface area contributed by atoms with Gasteiger partial charge in [-0.05, 0) is 50.7 Å². The van der Waals surface area contributed by atoms with Crippen molar-refractivity contribution >= 4 is 25.8 Å². The molecule has 1 aromatic rings. The third-order valence-corrected chi connectivity index (χ3v) is 10.2. The van der Waals surface area contributed by atoms with E-state index in [0.29, 0.717) is 43.7 Å². The minimum absolute atomic E-state index is 0.0299. The van der Waals surface area contributed by atoms with Crippen LogP contribution in [0, 0.1) is 5.92 Å². The van der Waals surface area contributed by atoms with Crippen molar-refractivity contribution < 1.29 is 21.6 Å². The van der Waals surface area contributed by atoms with Crippen LogP contribution in [0.4, 0.5) is 0 Å². The van der Waals surface area contributed by atoms with Crippen molar-refractivity contribution in [1.29, 1.82) is 0 Å². The minimum atomic E-state index is -3.40. The average Bonchev–Trinajstić information content (AvgIpc) is 2.96. The van der Waals surface area contributed by atoms with Crippen LogP contribution in [-0.2, 0) is 24.7 Å². The van der Waals surface area contributed by atoms with Crippen LogP contribution >= 0.6 is 0 Å². The number of sulfonamides is 1. The Bertz CT molecular complexity index is 955. The highest BCUT2D eigenvalue weighted by molar-refractivity contribution is 7.92. The average molecular weight is 441 g/mol. The molecule has 29 heavy (non-hydrogen) atoms. The molecule has 2 bridgehead atoms. The monoisotopic (exact) mass is 440 g/mol. The Morgan fingerprint density at radius 2 is 1.45 bits per heavy atom. The largest absolute Gasteiger partial charge is 0.336 e. The molecule has 1 aromatic carbocycles. The van der Waals surface area contributed by atoms with Crippen molar-refractivity contribution in [3.63, 3.8) is 0 Å². The number of fused-ring (bicyclic) bond motifs is 2. The van der Waals surface area contributed by atoms with Gasteiger partial charge in [0.1, 0.15) is 0 Å². The Labute approximate surface area is 173 Å². The normalized spacial score (nSPS) is 29.1. The topological polar surface area (TPSA) is 91.8 Å². The maximum absolute atomic E-state index is 13.2. The molecule has 0 aliphatic carbocycles. The zero-order valence-corrected chi connectivity index (χ0v) is 18.2. The standard InChI is InChI=1S/C20H28N2O5S2/c1-28(24,25)21-11-9-15(10-12-21)20(23)22-16-7-8-17(22)14-19(13-16)29(26,27)18-5-3-2-4-6-18/h2-6,15-17,19H,7-14H2,1H3/t16-,17+,19?. The Kier molecular flexibility index (Phi) is 5.50. The van der Waals surface area contributed by atoms with E-state index in [1.165, 1.54) is 10.6 Å². The van der Waals surface area contributed by atoms with Crippen LogP contribution in [-0.4, -0.2) is 68.6 Å². The molecule has 1 unspecified atom stereocenters. The Hall–Kier alpha value is -1.45. The van der Waals surface area contributed by atoms with Crippen molar-refractivity contribution in [2.75, 3.05) is 19.3 Å². The fourth-order valence-corrected chi connectivity index (χ4v) is 7.93. The molecule has 3 atom stereocenters. The molecule has 160 valence electrons. The van der Waals surface area contributed by atoms with Crippen LogP contribution in [0.3, 0.4) is 0 Å². The van der Waals surface area contributed by atoms with E-state index in [1.807, 2.05) is 4.90 Å². The summed E-state index contributed by atoms with van der Waals surface area (Å²) in [6.07, 6.45) is 4.94. The molecular weight excluding hydrogens is 412 g/mol. The Balaban J connectivity index is 1.44. The second kappa shape index (κ2) is 7.67. The van der Waals surface area contributed by atoms with Crippen LogP contribution < -0.4 is 0 Å². The number of carbonyl (C=O) groups excluding carboxylic acids is 1. The number of rotatable bonds is 4. The van der Waals surface area contributed by atoms with Gasteiger partial charge in [-0.3, -0.25) is 4.79 Å². The van der Waals surface area contributed by atoms with Crippen molar-refractivity contribution in [3.05, 3.63) is 30.3 Å². The molecule has 0 aromatic heterocycles. The van der Waals surface area contributed by atoms with Crippen LogP contribution in [0.1, 0.15) is 38.5 Å². The van der Waals surface area contributed by atoms with Crippen molar-refractivity contribution in [1.82, 2.24) is 9.21 Å². The molecule has 0 spiro atoms. The summed E-state index contributed by atoms with van der Waals surface area (Å²) >= 11 is 0. The van der Waals surface area contributed by atoms with E-state index in [2.05, 4.69) is 0 Å². The molecule has 0 N–H and O–H groups in total. The first-order valence-electron chi connectivity index (χ1n) is 10.2. The van der Waals surface area contributed by atoms with E-state index in [-0.39, 0.29) is 23.9 Å². The van der Waals surface area contributed by atoms with E-state index in [4.69, 9.17) is 0 Å². The lowest BCUT2D eigenvalue weighted by molar-refractivity contribution is -0.141. The highest BCUT2D eigenvalue weighted by Gasteiger charge is 2.48. The van der Waals surface area contributed by atoms with Gasteiger partial charge >= 0.3 is 0 Å². The van der Waals surface area contributed by atoms with Crippen LogP contribution in [0.15, 0.2) is 35.2 Å². The van der Waals surface area contributed by atoms with Gasteiger partial charge in [0, 0.05) is 31.1 Å². The number of sulfone groups is 1. The first kappa shape index (κ1) is 20.8. The highest BCUT2D eigenvalue weighted by atomic mass is 32.2. The predicted octanol–water partition coefficient (Wildman–Crippen LogP) is 1.65. The van der Waals surface area contributed by atoms with Crippen molar-refractivity contribution in [2.24, 2.45) is 5.92 Å². The molecular formula is C20H28N2O5S2. The molecule has 4 rings (SSSR count). The minimum Gasteiger partial charge on any atom is -0.336 e. The van der Waals surface area contributed by atoms with Gasteiger partial charge in [0.2, 0.25) is 15.9 Å². The highest BCUT2D eigenvalue weighted by Crippen LogP contribution is 2.41. The molecule has 0 saturated carbocycles. The van der Waals surface area contributed by atoms with Gasteiger partial charge in [-0.1, -0.05) is 18.2 Å². The number of benzene rings is 1. The smallest absolute Gasteiger partial charge is 0.226 e. The number of hydrogen-bond acceptors (Lipinski definition) is 5. The first-order valence-corrected chi connectivity index (χ1v) is 13.6. The Morgan fingerprint density at radius 1 is 0.897 bits per heavy atom. The SMILES string of the molecule is CS(=O)(=O)N1CCC(C(=O)N2[C@@H]3CC[C@H]2CC(S(=O)(=O)c2ccccc2)C3)CC1. The number of nitrogens with zero attached hydrogens (tertiary/aromatic N) is 2. The number of amides is 1. The van der Waals surface area contributed by atoms with Gasteiger partial charge in [0.05, 0.1) is 16.4 Å². The molecule has 3 aliphatic rings. The van der Waals surface area contributed by atoms with Gasteiger partial charge in [0.15, 0.2) is 9.84 Å². The molecule has 3 fully saturated rings. The lowest BCUT2D eigenvalue weighted by Gasteiger charge is -2.41. The lowest BCUT2D eigenvalue weighted by atomic mass is 9.93. The third kappa shape index (κ3) is 3.96.